The fourth-order valence-corrected chi connectivity index (χ4v) is 5.54. The number of aryl methyl sites for hydroxylation is 1. The van der Waals surface area contributed by atoms with Crippen LogP contribution in [0.15, 0.2) is 74.3 Å². The van der Waals surface area contributed by atoms with Crippen LogP contribution in [0, 0.1) is 18.3 Å². The summed E-state index contributed by atoms with van der Waals surface area (Å²) in [5.74, 6) is -2.31. The van der Waals surface area contributed by atoms with Crippen LogP contribution < -0.4 is 5.32 Å². The third-order valence-corrected chi connectivity index (χ3v) is 7.31. The minimum Gasteiger partial charge on any atom is -0.384 e. The van der Waals surface area contributed by atoms with Gasteiger partial charge in [-0.15, -0.1) is 13.2 Å². The molecule has 1 aliphatic carbocycles. The van der Waals surface area contributed by atoms with E-state index in [2.05, 4.69) is 74.4 Å². The third-order valence-electron chi connectivity index (χ3n) is 7.31. The molecule has 0 heterocycles. The highest BCUT2D eigenvalue weighted by Gasteiger charge is 2.44. The van der Waals surface area contributed by atoms with Gasteiger partial charge in [-0.3, -0.25) is 0 Å². The Morgan fingerprint density at radius 2 is 1.46 bits per heavy atom. The molecule has 0 radical (unpaired) electrons. The van der Waals surface area contributed by atoms with Gasteiger partial charge in [-0.05, 0) is 67.6 Å². The number of halogens is 2. The molecule has 0 spiro atoms. The van der Waals surface area contributed by atoms with Crippen molar-refractivity contribution in [2.24, 2.45) is 11.3 Å². The second-order valence-electron chi connectivity index (χ2n) is 10.3. The van der Waals surface area contributed by atoms with E-state index >= 15 is 0 Å². The zero-order valence-corrected chi connectivity index (χ0v) is 22.9. The van der Waals surface area contributed by atoms with Crippen molar-refractivity contribution < 1.29 is 8.78 Å². The Bertz CT molecular complexity index is 887. The Labute approximate surface area is 213 Å². The van der Waals surface area contributed by atoms with Crippen LogP contribution in [0.1, 0.15) is 83.4 Å². The molecular weight excluding hydrogens is 436 g/mol. The highest BCUT2D eigenvalue weighted by Crippen LogP contribution is 2.49. The van der Waals surface area contributed by atoms with E-state index in [1.165, 1.54) is 11.1 Å². The largest absolute Gasteiger partial charge is 0.384 e. The first-order valence-corrected chi connectivity index (χ1v) is 12.9. The van der Waals surface area contributed by atoms with E-state index in [0.717, 1.165) is 50.4 Å². The van der Waals surface area contributed by atoms with Crippen molar-refractivity contribution in [2.45, 2.75) is 85.0 Å². The molecule has 1 saturated carbocycles. The van der Waals surface area contributed by atoms with Gasteiger partial charge in [0.2, 0.25) is 5.92 Å². The number of rotatable bonds is 8. The molecule has 1 nitrogen and oxygen atoms in total. The van der Waals surface area contributed by atoms with E-state index in [0.29, 0.717) is 5.92 Å². The summed E-state index contributed by atoms with van der Waals surface area (Å²) in [6, 6.07) is 19.0. The van der Waals surface area contributed by atoms with E-state index < -0.39 is 5.92 Å². The predicted molar refractivity (Wildman–Crippen MR) is 150 cm³/mol. The maximum absolute atomic E-state index is 13.8. The van der Waals surface area contributed by atoms with Crippen LogP contribution in [0.2, 0.25) is 0 Å². The van der Waals surface area contributed by atoms with Gasteiger partial charge in [0, 0.05) is 24.1 Å². The minimum absolute atomic E-state index is 0.00576. The van der Waals surface area contributed by atoms with Gasteiger partial charge in [0.15, 0.2) is 0 Å². The third kappa shape index (κ3) is 8.63. The van der Waals surface area contributed by atoms with E-state index in [-0.39, 0.29) is 17.3 Å². The molecule has 35 heavy (non-hydrogen) atoms. The lowest BCUT2D eigenvalue weighted by atomic mass is 9.60. The van der Waals surface area contributed by atoms with E-state index in [9.17, 15) is 8.78 Å². The molecule has 3 rings (SSSR count). The van der Waals surface area contributed by atoms with Crippen molar-refractivity contribution in [1.29, 1.82) is 0 Å². The zero-order chi connectivity index (χ0) is 26.7. The van der Waals surface area contributed by atoms with Crippen LogP contribution >= 0.6 is 0 Å². The monoisotopic (exact) mass is 483 g/mol. The smallest absolute Gasteiger partial charge is 0.245 e. The van der Waals surface area contributed by atoms with Gasteiger partial charge in [0.05, 0.1) is 0 Å². The number of benzene rings is 2. The molecule has 0 aliphatic heterocycles. The summed E-state index contributed by atoms with van der Waals surface area (Å²) in [6.45, 7) is 22.3. The number of nitrogens with one attached hydrogen (secondary N) is 1. The van der Waals surface area contributed by atoms with Crippen LogP contribution in [0.3, 0.4) is 0 Å². The Morgan fingerprint density at radius 3 is 1.97 bits per heavy atom. The van der Waals surface area contributed by atoms with Crippen LogP contribution in [-0.2, 0) is 5.41 Å². The standard InChI is InChI=1S/C28H37F2N.C2H6.C2H4/c1-21-11-9-10-14-25(21)22(2)31-20-28(24-12-7-6-8-13-24)17-15-23(16-18-28)26(3,4)19-27(5,29)30;2*1-2/h6-14,23,31H,2,15-20H2,1,3-5H3;1-2H3;1-2H2. The number of hydrogen-bond acceptors (Lipinski definition) is 1. The van der Waals surface area contributed by atoms with Gasteiger partial charge >= 0.3 is 0 Å². The average molecular weight is 484 g/mol. The minimum atomic E-state index is -2.62. The highest BCUT2D eigenvalue weighted by molar-refractivity contribution is 5.64. The molecule has 3 heteroatoms. The number of alkyl halides is 2. The normalized spacial score (nSPS) is 19.9. The van der Waals surface area contributed by atoms with Crippen molar-refractivity contribution in [1.82, 2.24) is 5.32 Å². The Balaban J connectivity index is 0.00000145. The summed E-state index contributed by atoms with van der Waals surface area (Å²) in [4.78, 5) is 0. The molecule has 1 N–H and O–H groups in total. The number of hydrogen-bond donors (Lipinski definition) is 1. The van der Waals surface area contributed by atoms with Crippen molar-refractivity contribution in [3.63, 3.8) is 0 Å². The van der Waals surface area contributed by atoms with E-state index in [1.807, 2.05) is 39.8 Å². The van der Waals surface area contributed by atoms with Gasteiger partial charge in [-0.2, -0.15) is 0 Å². The van der Waals surface area contributed by atoms with Crippen LogP contribution in [0.25, 0.3) is 5.70 Å². The Hall–Kier alpha value is -2.42. The zero-order valence-electron chi connectivity index (χ0n) is 22.9. The van der Waals surface area contributed by atoms with Gasteiger partial charge in [-0.1, -0.05) is 88.9 Å². The molecule has 1 fully saturated rings. The van der Waals surface area contributed by atoms with Gasteiger partial charge < -0.3 is 5.32 Å². The van der Waals surface area contributed by atoms with Crippen molar-refractivity contribution >= 4 is 5.70 Å². The molecule has 0 bridgehead atoms. The fraction of sp³-hybridized carbons (Fsp3) is 0.500. The van der Waals surface area contributed by atoms with Gasteiger partial charge in [0.1, 0.15) is 0 Å². The molecular formula is C32H47F2N. The SMILES string of the molecule is C=C.C=C(NCC1(c2ccccc2)CCC(C(C)(C)CC(C)(F)F)CC1)c1ccccc1C.CC. The van der Waals surface area contributed by atoms with Crippen molar-refractivity contribution in [2.75, 3.05) is 6.54 Å². The fourth-order valence-electron chi connectivity index (χ4n) is 5.54. The quantitative estimate of drug-likeness (QED) is 0.369. The molecule has 1 aliphatic rings. The highest BCUT2D eigenvalue weighted by atomic mass is 19.3. The molecule has 2 aromatic carbocycles. The van der Waals surface area contributed by atoms with E-state index in [1.54, 1.807) is 0 Å². The average Bonchev–Trinajstić information content (AvgIpc) is 2.85. The predicted octanol–water partition coefficient (Wildman–Crippen LogP) is 9.58. The summed E-state index contributed by atoms with van der Waals surface area (Å²) < 4.78 is 27.5. The molecule has 0 saturated heterocycles. The second-order valence-corrected chi connectivity index (χ2v) is 10.3. The lowest BCUT2D eigenvalue weighted by Crippen LogP contribution is -2.43. The summed E-state index contributed by atoms with van der Waals surface area (Å²) in [5.41, 5.74) is 4.26. The van der Waals surface area contributed by atoms with Crippen molar-refractivity contribution in [3.05, 3.63) is 91.0 Å². The van der Waals surface area contributed by atoms with E-state index in [4.69, 9.17) is 0 Å². The van der Waals surface area contributed by atoms with Crippen LogP contribution in [0.5, 0.6) is 0 Å². The first kappa shape index (κ1) is 30.6. The summed E-state index contributed by atoms with van der Waals surface area (Å²) in [5, 5.41) is 3.63. The molecule has 0 amide bonds. The van der Waals surface area contributed by atoms with Gasteiger partial charge in [0.25, 0.3) is 0 Å². The Morgan fingerprint density at radius 1 is 0.943 bits per heavy atom. The maximum Gasteiger partial charge on any atom is 0.245 e. The van der Waals surface area contributed by atoms with Crippen LogP contribution in [0.4, 0.5) is 8.78 Å². The van der Waals surface area contributed by atoms with Crippen molar-refractivity contribution in [3.8, 4) is 0 Å². The lowest BCUT2D eigenvalue weighted by molar-refractivity contribution is -0.0441. The first-order valence-electron chi connectivity index (χ1n) is 12.9. The lowest BCUT2D eigenvalue weighted by Gasteiger charge is -2.46. The second kappa shape index (κ2) is 13.6. The maximum atomic E-state index is 13.8. The summed E-state index contributed by atoms with van der Waals surface area (Å²) in [7, 11) is 0. The van der Waals surface area contributed by atoms with Crippen LogP contribution in [-0.4, -0.2) is 12.5 Å². The molecule has 0 atom stereocenters. The molecule has 0 aromatic heterocycles. The summed E-state index contributed by atoms with van der Waals surface area (Å²) >= 11 is 0. The Kier molecular flexibility index (Phi) is 11.9. The molecule has 0 unspecified atom stereocenters. The summed E-state index contributed by atoms with van der Waals surface area (Å²) in [6.07, 6.45) is 3.88. The molecule has 194 valence electrons. The molecule has 2 aromatic rings. The van der Waals surface area contributed by atoms with Gasteiger partial charge in [-0.25, -0.2) is 8.78 Å². The first-order chi connectivity index (χ1) is 16.5. The topological polar surface area (TPSA) is 12.0 Å².